The topological polar surface area (TPSA) is 54.8 Å². The molecule has 36 heavy (non-hydrogen) atoms. The molecule has 0 amide bonds. The van der Waals surface area contributed by atoms with Crippen LogP contribution in [0.2, 0.25) is 0 Å². The van der Waals surface area contributed by atoms with Crippen LogP contribution in [0, 0.1) is 5.82 Å². The van der Waals surface area contributed by atoms with E-state index in [2.05, 4.69) is 34.9 Å². The quantitative estimate of drug-likeness (QED) is 0.297. The van der Waals surface area contributed by atoms with Gasteiger partial charge in [0.05, 0.1) is 22.9 Å². The van der Waals surface area contributed by atoms with Crippen molar-refractivity contribution in [2.45, 2.75) is 6.61 Å². The molecule has 0 saturated carbocycles. The number of rotatable bonds is 3. The lowest BCUT2D eigenvalue weighted by molar-refractivity contribution is 0.276. The first-order chi connectivity index (χ1) is 17.7. The molecular formula is C29H17FN4OS. The first-order valence-electron chi connectivity index (χ1n) is 11.6. The first kappa shape index (κ1) is 19.9. The second-order valence-electron chi connectivity index (χ2n) is 9.05. The van der Waals surface area contributed by atoms with Gasteiger partial charge < -0.3 is 9.51 Å². The van der Waals surface area contributed by atoms with E-state index >= 15 is 0 Å². The van der Waals surface area contributed by atoms with E-state index in [-0.39, 0.29) is 6.61 Å². The zero-order valence-corrected chi connectivity index (χ0v) is 19.6. The molecule has 5 heterocycles. The Hall–Kier alpha value is -4.33. The fourth-order valence-corrected chi connectivity index (χ4v) is 6.26. The van der Waals surface area contributed by atoms with Gasteiger partial charge in [-0.1, -0.05) is 18.2 Å². The smallest absolute Gasteiger partial charge is 0.138 e. The average molecular weight is 489 g/mol. The Bertz CT molecular complexity index is 2010. The number of thiophene rings is 1. The Balaban J connectivity index is 1.27. The van der Waals surface area contributed by atoms with Crippen LogP contribution in [0.5, 0.6) is 0 Å². The molecule has 0 aliphatic heterocycles. The lowest BCUT2D eigenvalue weighted by atomic mass is 10.0. The minimum Gasteiger partial charge on any atom is -0.392 e. The molecule has 172 valence electrons. The Morgan fingerprint density at radius 1 is 0.833 bits per heavy atom. The third-order valence-electron chi connectivity index (χ3n) is 6.98. The number of benzene rings is 2. The molecule has 0 unspecified atom stereocenters. The van der Waals surface area contributed by atoms with Crippen molar-refractivity contribution in [1.82, 2.24) is 18.8 Å². The monoisotopic (exact) mass is 488 g/mol. The highest BCUT2D eigenvalue weighted by molar-refractivity contribution is 7.22. The standard InChI is InChI=1S/C29H17FN4OS/c30-22-3-1-2-20(21(22)15-35)17-5-8-26-31-23(14-33(26)12-17)18-6-9-27-32-28-25-11-19-10-16(4-7-24(19)36-25)29(28)34(27)13-18/h1-14,35H,15H2. The van der Waals surface area contributed by atoms with Crippen molar-refractivity contribution in [2.24, 2.45) is 0 Å². The van der Waals surface area contributed by atoms with Gasteiger partial charge in [-0.2, -0.15) is 0 Å². The van der Waals surface area contributed by atoms with Crippen LogP contribution in [0.25, 0.3) is 65.6 Å². The molecule has 0 radical (unpaired) electrons. The fraction of sp³-hybridized carbons (Fsp3) is 0.0345. The van der Waals surface area contributed by atoms with Gasteiger partial charge in [0, 0.05) is 40.0 Å². The van der Waals surface area contributed by atoms with Gasteiger partial charge in [-0.15, -0.1) is 11.3 Å². The lowest BCUT2D eigenvalue weighted by Crippen LogP contribution is -1.95. The SMILES string of the molecule is OCc1c(F)cccc1-c1ccc2nc(-c3ccc4nc5c(n4c3)-c3ccc4sc-5cc4c3)cn2c1. The molecule has 0 saturated heterocycles. The highest BCUT2D eigenvalue weighted by Gasteiger charge is 2.22. The molecule has 1 aliphatic carbocycles. The Morgan fingerprint density at radius 2 is 1.69 bits per heavy atom. The van der Waals surface area contributed by atoms with E-state index in [1.807, 2.05) is 47.1 Å². The van der Waals surface area contributed by atoms with Crippen molar-refractivity contribution in [1.29, 1.82) is 0 Å². The van der Waals surface area contributed by atoms with Gasteiger partial charge in [0.2, 0.25) is 0 Å². The van der Waals surface area contributed by atoms with E-state index in [1.165, 1.54) is 21.0 Å². The van der Waals surface area contributed by atoms with E-state index in [0.717, 1.165) is 45.1 Å². The van der Waals surface area contributed by atoms with Crippen LogP contribution in [0.3, 0.4) is 0 Å². The highest BCUT2D eigenvalue weighted by Crippen LogP contribution is 2.44. The third-order valence-corrected chi connectivity index (χ3v) is 8.10. The van der Waals surface area contributed by atoms with Crippen molar-refractivity contribution in [3.8, 4) is 44.2 Å². The van der Waals surface area contributed by atoms with E-state index in [1.54, 1.807) is 17.4 Å². The summed E-state index contributed by atoms with van der Waals surface area (Å²) in [6.45, 7) is -0.357. The number of halogens is 1. The normalized spacial score (nSPS) is 12.3. The lowest BCUT2D eigenvalue weighted by Gasteiger charge is -2.09. The molecule has 1 N–H and O–H groups in total. The minimum absolute atomic E-state index is 0.291. The summed E-state index contributed by atoms with van der Waals surface area (Å²) < 4.78 is 19.6. The largest absolute Gasteiger partial charge is 0.392 e. The summed E-state index contributed by atoms with van der Waals surface area (Å²) in [5.74, 6) is -0.410. The molecule has 7 heteroatoms. The van der Waals surface area contributed by atoms with E-state index in [0.29, 0.717) is 11.1 Å². The van der Waals surface area contributed by atoms with Crippen LogP contribution in [0.15, 0.2) is 85.3 Å². The first-order valence-corrected chi connectivity index (χ1v) is 12.4. The Labute approximate surface area is 208 Å². The van der Waals surface area contributed by atoms with Crippen molar-refractivity contribution in [3.05, 3.63) is 96.7 Å². The molecule has 2 aromatic carbocycles. The van der Waals surface area contributed by atoms with Crippen LogP contribution in [-0.4, -0.2) is 23.9 Å². The summed E-state index contributed by atoms with van der Waals surface area (Å²) in [4.78, 5) is 11.0. The molecule has 0 spiro atoms. The summed E-state index contributed by atoms with van der Waals surface area (Å²) in [5, 5.41) is 10.9. The molecule has 0 atom stereocenters. The van der Waals surface area contributed by atoms with Crippen molar-refractivity contribution >= 4 is 32.7 Å². The summed E-state index contributed by atoms with van der Waals surface area (Å²) >= 11 is 1.78. The molecule has 1 aliphatic rings. The third kappa shape index (κ3) is 2.72. The van der Waals surface area contributed by atoms with Crippen molar-refractivity contribution in [2.75, 3.05) is 0 Å². The molecule has 7 aromatic rings. The van der Waals surface area contributed by atoms with Crippen LogP contribution in [-0.2, 0) is 6.61 Å². The summed E-state index contributed by atoms with van der Waals surface area (Å²) in [6.07, 6.45) is 6.00. The van der Waals surface area contributed by atoms with Gasteiger partial charge in [-0.25, -0.2) is 14.4 Å². The zero-order valence-electron chi connectivity index (χ0n) is 18.8. The van der Waals surface area contributed by atoms with Gasteiger partial charge in [0.15, 0.2) is 0 Å². The Kier molecular flexibility index (Phi) is 3.93. The molecular weight excluding hydrogens is 471 g/mol. The number of hydrogen-bond donors (Lipinski definition) is 1. The van der Waals surface area contributed by atoms with Crippen molar-refractivity contribution < 1.29 is 9.50 Å². The van der Waals surface area contributed by atoms with E-state index < -0.39 is 5.82 Å². The average Bonchev–Trinajstić information content (AvgIpc) is 3.58. The van der Waals surface area contributed by atoms with Gasteiger partial charge in [0.25, 0.3) is 0 Å². The van der Waals surface area contributed by atoms with Crippen molar-refractivity contribution in [3.63, 3.8) is 0 Å². The maximum Gasteiger partial charge on any atom is 0.138 e. The zero-order chi connectivity index (χ0) is 24.0. The number of nitrogens with zero attached hydrogens (tertiary/aromatic N) is 4. The van der Waals surface area contributed by atoms with Gasteiger partial charge in [-0.3, -0.25) is 4.40 Å². The maximum absolute atomic E-state index is 14.2. The molecule has 0 fully saturated rings. The molecule has 5 aromatic heterocycles. The number of aromatic nitrogens is 4. The number of pyridine rings is 2. The van der Waals surface area contributed by atoms with Crippen LogP contribution < -0.4 is 0 Å². The number of fused-ring (bicyclic) bond motifs is 8. The summed E-state index contributed by atoms with van der Waals surface area (Å²) in [6, 6.07) is 21.6. The van der Waals surface area contributed by atoms with E-state index in [9.17, 15) is 9.50 Å². The summed E-state index contributed by atoms with van der Waals surface area (Å²) in [5.41, 5.74) is 8.56. The van der Waals surface area contributed by atoms with Gasteiger partial charge >= 0.3 is 0 Å². The van der Waals surface area contributed by atoms with Gasteiger partial charge in [-0.05, 0) is 65.0 Å². The summed E-state index contributed by atoms with van der Waals surface area (Å²) in [7, 11) is 0. The minimum atomic E-state index is -0.410. The Morgan fingerprint density at radius 3 is 2.61 bits per heavy atom. The second-order valence-corrected chi connectivity index (χ2v) is 10.1. The number of aliphatic hydroxyl groups excluding tert-OH is 1. The van der Waals surface area contributed by atoms with Crippen LogP contribution >= 0.6 is 11.3 Å². The number of imidazole rings is 2. The molecule has 3 bridgehead atoms. The predicted octanol–water partition coefficient (Wildman–Crippen LogP) is 6.81. The van der Waals surface area contributed by atoms with Crippen LogP contribution in [0.1, 0.15) is 5.56 Å². The number of hydrogen-bond acceptors (Lipinski definition) is 4. The van der Waals surface area contributed by atoms with Gasteiger partial charge in [0.1, 0.15) is 22.8 Å². The van der Waals surface area contributed by atoms with Crippen LogP contribution in [0.4, 0.5) is 4.39 Å². The predicted molar refractivity (Wildman–Crippen MR) is 141 cm³/mol. The second kappa shape index (κ2) is 7.10. The molecule has 5 nitrogen and oxygen atoms in total. The van der Waals surface area contributed by atoms with E-state index in [4.69, 9.17) is 9.97 Å². The highest BCUT2D eigenvalue weighted by atomic mass is 32.1. The fourth-order valence-electron chi connectivity index (χ4n) is 5.23. The molecule has 8 rings (SSSR count). The number of aliphatic hydroxyl groups is 1. The maximum atomic E-state index is 14.2.